The zero-order chi connectivity index (χ0) is 30.7. The number of nitrogens with zero attached hydrogens (tertiary/aromatic N) is 3. The van der Waals surface area contributed by atoms with E-state index in [0.717, 1.165) is 19.3 Å². The number of benzene rings is 3. The normalized spacial score (nSPS) is 22.0. The number of imide groups is 1. The fourth-order valence-electron chi connectivity index (χ4n) is 7.04. The van der Waals surface area contributed by atoms with Gasteiger partial charge in [-0.2, -0.15) is 0 Å². The van der Waals surface area contributed by atoms with Crippen LogP contribution in [0.1, 0.15) is 40.0 Å². The summed E-state index contributed by atoms with van der Waals surface area (Å²) in [5.41, 5.74) is 2.02. The standard InChI is InChI=1S/C33H24ClN3O7/c34-25-3-1-2-23-24(33(41)44-16-27(38)18-8-12-22(13-9-18)37(42)43)15-26(35-30(23)25)17-6-10-21(11-7-17)36-31(39)28-19-4-5-20(14-19)29(28)32(36)40/h1-3,6-13,15,19-20,28-29H,4-5,14,16H2. The molecular formula is C33H24ClN3O7. The summed E-state index contributed by atoms with van der Waals surface area (Å²) in [5, 5.41) is 11.6. The number of halogens is 1. The Hall–Kier alpha value is -4.96. The van der Waals surface area contributed by atoms with Crippen LogP contribution < -0.4 is 4.90 Å². The van der Waals surface area contributed by atoms with E-state index in [-0.39, 0.29) is 40.5 Å². The monoisotopic (exact) mass is 609 g/mol. The number of fused-ring (bicyclic) bond motifs is 6. The van der Waals surface area contributed by atoms with E-state index >= 15 is 0 Å². The third kappa shape index (κ3) is 4.53. The Morgan fingerprint density at radius 1 is 0.955 bits per heavy atom. The number of amides is 2. The Morgan fingerprint density at radius 3 is 2.25 bits per heavy atom. The lowest BCUT2D eigenvalue weighted by Gasteiger charge is -2.19. The summed E-state index contributed by atoms with van der Waals surface area (Å²) in [6, 6.07) is 18.4. The molecule has 44 heavy (non-hydrogen) atoms. The van der Waals surface area contributed by atoms with Crippen LogP contribution in [-0.2, 0) is 14.3 Å². The number of nitro groups is 1. The summed E-state index contributed by atoms with van der Waals surface area (Å²) in [7, 11) is 0. The molecular weight excluding hydrogens is 586 g/mol. The predicted octanol–water partition coefficient (Wildman–Crippen LogP) is 6.04. The lowest BCUT2D eigenvalue weighted by Crippen LogP contribution is -2.32. The van der Waals surface area contributed by atoms with Gasteiger partial charge in [-0.05, 0) is 67.5 Å². The molecule has 1 aromatic heterocycles. The molecule has 11 heteroatoms. The van der Waals surface area contributed by atoms with Gasteiger partial charge in [0, 0.05) is 28.6 Å². The number of pyridine rings is 1. The number of para-hydroxylation sites is 1. The molecule has 2 heterocycles. The van der Waals surface area contributed by atoms with E-state index in [2.05, 4.69) is 4.98 Å². The minimum atomic E-state index is -0.776. The van der Waals surface area contributed by atoms with Gasteiger partial charge in [0.1, 0.15) is 0 Å². The number of esters is 1. The zero-order valence-corrected chi connectivity index (χ0v) is 23.9. The van der Waals surface area contributed by atoms with Crippen LogP contribution in [0, 0.1) is 33.8 Å². The molecule has 0 N–H and O–H groups in total. The highest BCUT2D eigenvalue weighted by molar-refractivity contribution is 6.35. The summed E-state index contributed by atoms with van der Waals surface area (Å²) in [5.74, 6) is -1.39. The lowest BCUT2D eigenvalue weighted by molar-refractivity contribution is -0.384. The molecule has 1 aliphatic heterocycles. The first-order chi connectivity index (χ1) is 21.2. The van der Waals surface area contributed by atoms with Crippen molar-refractivity contribution in [1.82, 2.24) is 4.98 Å². The number of ether oxygens (including phenoxy) is 1. The molecule has 4 aromatic rings. The highest BCUT2D eigenvalue weighted by Gasteiger charge is 2.61. The van der Waals surface area contributed by atoms with Crippen LogP contribution in [0.3, 0.4) is 0 Å². The first-order valence-corrected chi connectivity index (χ1v) is 14.6. The van der Waals surface area contributed by atoms with Gasteiger partial charge in [0.05, 0.1) is 44.2 Å². The molecule has 4 unspecified atom stereocenters. The quantitative estimate of drug-likeness (QED) is 0.0813. The molecule has 2 saturated carbocycles. The number of Topliss-reactive ketones (excluding diaryl/α,β-unsaturated/α-hetero) is 1. The molecule has 2 aliphatic carbocycles. The maximum atomic E-state index is 13.3. The molecule has 2 bridgehead atoms. The Labute approximate surface area is 255 Å². The summed E-state index contributed by atoms with van der Waals surface area (Å²) in [6.07, 6.45) is 2.97. The molecule has 0 spiro atoms. The summed E-state index contributed by atoms with van der Waals surface area (Å²) >= 11 is 6.46. The molecule has 7 rings (SSSR count). The van der Waals surface area contributed by atoms with Crippen molar-refractivity contribution in [2.24, 2.45) is 23.7 Å². The van der Waals surface area contributed by atoms with E-state index in [0.29, 0.717) is 44.7 Å². The molecule has 3 aliphatic rings. The van der Waals surface area contributed by atoms with E-state index < -0.39 is 23.3 Å². The number of ketones is 1. The third-order valence-electron chi connectivity index (χ3n) is 9.09. The van der Waals surface area contributed by atoms with Gasteiger partial charge in [-0.15, -0.1) is 0 Å². The zero-order valence-electron chi connectivity index (χ0n) is 23.1. The fraction of sp³-hybridized carbons (Fsp3) is 0.242. The lowest BCUT2D eigenvalue weighted by atomic mass is 9.81. The van der Waals surface area contributed by atoms with Crippen molar-refractivity contribution >= 4 is 57.4 Å². The number of non-ortho nitro benzene ring substituents is 1. The Morgan fingerprint density at radius 2 is 1.61 bits per heavy atom. The Kier molecular flexibility index (Phi) is 6.73. The molecule has 1 saturated heterocycles. The highest BCUT2D eigenvalue weighted by atomic mass is 35.5. The van der Waals surface area contributed by atoms with Gasteiger partial charge in [-0.1, -0.05) is 35.9 Å². The van der Waals surface area contributed by atoms with Gasteiger partial charge in [0.2, 0.25) is 11.8 Å². The number of anilines is 1. The number of carbonyl (C=O) groups excluding carboxylic acids is 4. The van der Waals surface area contributed by atoms with E-state index in [4.69, 9.17) is 16.3 Å². The van der Waals surface area contributed by atoms with Crippen LogP contribution in [0.15, 0.2) is 72.8 Å². The van der Waals surface area contributed by atoms with Crippen molar-refractivity contribution in [1.29, 1.82) is 0 Å². The summed E-state index contributed by atoms with van der Waals surface area (Å²) < 4.78 is 5.35. The van der Waals surface area contributed by atoms with Gasteiger partial charge in [-0.3, -0.25) is 29.4 Å². The van der Waals surface area contributed by atoms with Crippen molar-refractivity contribution in [2.45, 2.75) is 19.3 Å². The van der Waals surface area contributed by atoms with Crippen molar-refractivity contribution in [3.8, 4) is 11.3 Å². The van der Waals surface area contributed by atoms with Gasteiger partial charge in [0.25, 0.3) is 5.69 Å². The van der Waals surface area contributed by atoms with E-state index in [1.165, 1.54) is 29.2 Å². The van der Waals surface area contributed by atoms with Gasteiger partial charge in [-0.25, -0.2) is 9.78 Å². The average Bonchev–Trinajstić information content (AvgIpc) is 3.73. The van der Waals surface area contributed by atoms with Crippen LogP contribution >= 0.6 is 11.6 Å². The second-order valence-electron chi connectivity index (χ2n) is 11.4. The van der Waals surface area contributed by atoms with Crippen molar-refractivity contribution in [3.05, 3.63) is 99.1 Å². The molecule has 2 amide bonds. The first kappa shape index (κ1) is 27.8. The minimum Gasteiger partial charge on any atom is -0.454 e. The van der Waals surface area contributed by atoms with Crippen LogP contribution in [-0.4, -0.2) is 40.1 Å². The molecule has 0 radical (unpaired) electrons. The molecule has 4 atom stereocenters. The predicted molar refractivity (Wildman–Crippen MR) is 160 cm³/mol. The van der Waals surface area contributed by atoms with Crippen LogP contribution in [0.25, 0.3) is 22.2 Å². The van der Waals surface area contributed by atoms with Crippen molar-refractivity contribution in [2.75, 3.05) is 11.5 Å². The number of hydrogen-bond acceptors (Lipinski definition) is 8. The number of rotatable bonds is 7. The van der Waals surface area contributed by atoms with Gasteiger partial charge in [0.15, 0.2) is 12.4 Å². The first-order valence-electron chi connectivity index (χ1n) is 14.2. The maximum absolute atomic E-state index is 13.3. The van der Waals surface area contributed by atoms with Crippen molar-refractivity contribution in [3.63, 3.8) is 0 Å². The van der Waals surface area contributed by atoms with Crippen LogP contribution in [0.4, 0.5) is 11.4 Å². The van der Waals surface area contributed by atoms with Crippen molar-refractivity contribution < 1.29 is 28.8 Å². The second-order valence-corrected chi connectivity index (χ2v) is 11.8. The number of hydrogen-bond donors (Lipinski definition) is 0. The Bertz CT molecular complexity index is 1860. The average molecular weight is 610 g/mol. The molecule has 3 aromatic carbocycles. The highest BCUT2D eigenvalue weighted by Crippen LogP contribution is 2.56. The van der Waals surface area contributed by atoms with Gasteiger partial charge < -0.3 is 4.74 Å². The fourth-order valence-corrected chi connectivity index (χ4v) is 7.25. The minimum absolute atomic E-state index is 0.121. The Balaban J connectivity index is 1.15. The van der Waals surface area contributed by atoms with E-state index in [9.17, 15) is 29.3 Å². The summed E-state index contributed by atoms with van der Waals surface area (Å²) in [4.78, 5) is 68.7. The number of aromatic nitrogens is 1. The molecule has 3 fully saturated rings. The third-order valence-corrected chi connectivity index (χ3v) is 9.40. The summed E-state index contributed by atoms with van der Waals surface area (Å²) in [6.45, 7) is -0.577. The number of nitro benzene ring substituents is 1. The smallest absolute Gasteiger partial charge is 0.339 e. The van der Waals surface area contributed by atoms with Crippen LogP contribution in [0.5, 0.6) is 0 Å². The van der Waals surface area contributed by atoms with Gasteiger partial charge >= 0.3 is 5.97 Å². The van der Waals surface area contributed by atoms with Crippen LogP contribution in [0.2, 0.25) is 5.02 Å². The maximum Gasteiger partial charge on any atom is 0.339 e. The largest absolute Gasteiger partial charge is 0.454 e. The topological polar surface area (TPSA) is 137 Å². The number of carbonyl (C=O) groups is 4. The second kappa shape index (κ2) is 10.6. The molecule has 220 valence electrons. The van der Waals surface area contributed by atoms with E-state index in [1.54, 1.807) is 48.5 Å². The SMILES string of the molecule is O=C(COC(=O)c1cc(-c2ccc(N3C(=O)C4C5CCC(C5)C4C3=O)cc2)nc2c(Cl)cccc12)c1ccc([N+](=O)[O-])cc1. The van der Waals surface area contributed by atoms with E-state index in [1.807, 2.05) is 0 Å². The molecule has 10 nitrogen and oxygen atoms in total.